The fourth-order valence-electron chi connectivity index (χ4n) is 1.20. The van der Waals surface area contributed by atoms with Crippen LogP contribution in [0.2, 0.25) is 0 Å². The maximum Gasteiger partial charge on any atom is 0.113 e. The van der Waals surface area contributed by atoms with Gasteiger partial charge in [-0.2, -0.15) is 17.0 Å². The van der Waals surface area contributed by atoms with Crippen molar-refractivity contribution in [3.8, 4) is 6.07 Å². The Balaban J connectivity index is 2.18. The summed E-state index contributed by atoms with van der Waals surface area (Å²) < 4.78 is 4.96. The van der Waals surface area contributed by atoms with Gasteiger partial charge in [-0.25, -0.2) is 0 Å². The van der Waals surface area contributed by atoms with Crippen LogP contribution in [0.15, 0.2) is 0 Å². The molecule has 1 saturated carbocycles. The predicted molar refractivity (Wildman–Crippen MR) is 59.4 cm³/mol. The standard InChI is InChI=1S/C10H18N2OS/c1-10(7-11,12-9-3-4-9)8-14-6-5-13-2/h9,12H,3-6,8H2,1-2H3. The van der Waals surface area contributed by atoms with Crippen LogP contribution in [0.25, 0.3) is 0 Å². The maximum absolute atomic E-state index is 9.06. The molecule has 1 rings (SSSR count). The fraction of sp³-hybridized carbons (Fsp3) is 0.900. The molecule has 0 bridgehead atoms. The highest BCUT2D eigenvalue weighted by atomic mass is 32.2. The normalized spacial score (nSPS) is 20.1. The monoisotopic (exact) mass is 214 g/mol. The number of hydrogen-bond donors (Lipinski definition) is 1. The first-order valence-electron chi connectivity index (χ1n) is 4.96. The minimum atomic E-state index is -0.362. The van der Waals surface area contributed by atoms with Crippen molar-refractivity contribution in [2.75, 3.05) is 25.2 Å². The number of hydrogen-bond acceptors (Lipinski definition) is 4. The number of nitriles is 1. The van der Waals surface area contributed by atoms with E-state index in [0.29, 0.717) is 6.04 Å². The van der Waals surface area contributed by atoms with E-state index >= 15 is 0 Å². The molecule has 1 unspecified atom stereocenters. The second kappa shape index (κ2) is 5.59. The van der Waals surface area contributed by atoms with Gasteiger partial charge in [0, 0.05) is 24.7 Å². The molecule has 0 spiro atoms. The average molecular weight is 214 g/mol. The highest BCUT2D eigenvalue weighted by molar-refractivity contribution is 7.99. The largest absolute Gasteiger partial charge is 0.384 e. The molecule has 0 aromatic rings. The fourth-order valence-corrected chi connectivity index (χ4v) is 2.19. The van der Waals surface area contributed by atoms with E-state index in [1.54, 1.807) is 18.9 Å². The third kappa shape index (κ3) is 4.32. The lowest BCUT2D eigenvalue weighted by molar-refractivity contribution is 0.218. The first kappa shape index (κ1) is 11.8. The van der Waals surface area contributed by atoms with Gasteiger partial charge in [0.25, 0.3) is 0 Å². The van der Waals surface area contributed by atoms with Crippen LogP contribution < -0.4 is 5.32 Å². The van der Waals surface area contributed by atoms with Gasteiger partial charge in [-0.3, -0.25) is 5.32 Å². The summed E-state index contributed by atoms with van der Waals surface area (Å²) in [5, 5.41) is 12.4. The summed E-state index contributed by atoms with van der Waals surface area (Å²) in [7, 11) is 1.70. The lowest BCUT2D eigenvalue weighted by atomic mass is 10.1. The smallest absolute Gasteiger partial charge is 0.113 e. The van der Waals surface area contributed by atoms with Gasteiger partial charge in [-0.05, 0) is 19.8 Å². The van der Waals surface area contributed by atoms with Crippen molar-refractivity contribution in [2.24, 2.45) is 0 Å². The minimum absolute atomic E-state index is 0.362. The summed E-state index contributed by atoms with van der Waals surface area (Å²) in [5.41, 5.74) is -0.362. The summed E-state index contributed by atoms with van der Waals surface area (Å²) >= 11 is 1.77. The van der Waals surface area contributed by atoms with Crippen molar-refractivity contribution < 1.29 is 4.74 Å². The summed E-state index contributed by atoms with van der Waals surface area (Å²) in [5.74, 6) is 1.80. The maximum atomic E-state index is 9.06. The molecule has 0 aromatic heterocycles. The van der Waals surface area contributed by atoms with Gasteiger partial charge < -0.3 is 4.74 Å². The number of rotatable bonds is 7. The zero-order chi connectivity index (χ0) is 10.4. The van der Waals surface area contributed by atoms with Crippen molar-refractivity contribution in [1.82, 2.24) is 5.32 Å². The zero-order valence-corrected chi connectivity index (χ0v) is 9.69. The summed E-state index contributed by atoms with van der Waals surface area (Å²) in [4.78, 5) is 0. The van der Waals surface area contributed by atoms with Gasteiger partial charge >= 0.3 is 0 Å². The van der Waals surface area contributed by atoms with Gasteiger partial charge in [0.1, 0.15) is 5.54 Å². The van der Waals surface area contributed by atoms with Crippen LogP contribution in [0.5, 0.6) is 0 Å². The van der Waals surface area contributed by atoms with Crippen LogP contribution in [0, 0.1) is 11.3 Å². The lowest BCUT2D eigenvalue weighted by Gasteiger charge is -2.22. The third-order valence-corrected chi connectivity index (χ3v) is 3.41. The number of nitrogens with one attached hydrogen (secondary N) is 1. The summed E-state index contributed by atoms with van der Waals surface area (Å²) in [6, 6.07) is 2.94. The summed E-state index contributed by atoms with van der Waals surface area (Å²) in [6.45, 7) is 2.74. The quantitative estimate of drug-likeness (QED) is 0.651. The molecule has 1 N–H and O–H groups in total. The molecule has 1 fully saturated rings. The van der Waals surface area contributed by atoms with Gasteiger partial charge in [0.05, 0.1) is 12.7 Å². The average Bonchev–Trinajstić information content (AvgIpc) is 2.96. The Hall–Kier alpha value is -0.240. The molecule has 1 aliphatic rings. The molecule has 0 saturated heterocycles. The molecule has 80 valence electrons. The SMILES string of the molecule is COCCSCC(C)(C#N)NC1CC1. The van der Waals surface area contributed by atoms with Gasteiger partial charge in [-0.1, -0.05) is 0 Å². The van der Waals surface area contributed by atoms with E-state index in [1.165, 1.54) is 12.8 Å². The Kier molecular flexibility index (Phi) is 4.73. The molecular formula is C10H18N2OS. The van der Waals surface area contributed by atoms with E-state index in [1.807, 2.05) is 6.92 Å². The first-order chi connectivity index (χ1) is 6.70. The van der Waals surface area contributed by atoms with Crippen LogP contribution in [0.1, 0.15) is 19.8 Å². The molecule has 1 aliphatic carbocycles. The van der Waals surface area contributed by atoms with Crippen molar-refractivity contribution in [2.45, 2.75) is 31.3 Å². The van der Waals surface area contributed by atoms with E-state index in [4.69, 9.17) is 10.00 Å². The molecule has 0 radical (unpaired) electrons. The highest BCUT2D eigenvalue weighted by Crippen LogP contribution is 2.24. The molecule has 0 aliphatic heterocycles. The number of methoxy groups -OCH3 is 1. The van der Waals surface area contributed by atoms with Crippen LogP contribution in [-0.2, 0) is 4.74 Å². The van der Waals surface area contributed by atoms with E-state index in [-0.39, 0.29) is 5.54 Å². The Labute approximate surface area is 90.2 Å². The van der Waals surface area contributed by atoms with Crippen molar-refractivity contribution in [3.63, 3.8) is 0 Å². The minimum Gasteiger partial charge on any atom is -0.384 e. The predicted octanol–water partition coefficient (Wildman–Crippen LogP) is 1.40. The molecule has 0 heterocycles. The first-order valence-corrected chi connectivity index (χ1v) is 6.11. The van der Waals surface area contributed by atoms with E-state index in [9.17, 15) is 0 Å². The van der Waals surface area contributed by atoms with Crippen LogP contribution in [0.3, 0.4) is 0 Å². The third-order valence-electron chi connectivity index (χ3n) is 2.17. The Morgan fingerprint density at radius 2 is 2.36 bits per heavy atom. The zero-order valence-electron chi connectivity index (χ0n) is 8.88. The molecule has 3 nitrogen and oxygen atoms in total. The van der Waals surface area contributed by atoms with Crippen LogP contribution >= 0.6 is 11.8 Å². The molecular weight excluding hydrogens is 196 g/mol. The lowest BCUT2D eigenvalue weighted by Crippen LogP contribution is -2.44. The van der Waals surface area contributed by atoms with Crippen molar-refractivity contribution in [1.29, 1.82) is 5.26 Å². The second-order valence-corrected chi connectivity index (χ2v) is 5.01. The topological polar surface area (TPSA) is 45.0 Å². The second-order valence-electron chi connectivity index (χ2n) is 3.91. The van der Waals surface area contributed by atoms with Crippen LogP contribution in [-0.4, -0.2) is 36.8 Å². The molecule has 4 heteroatoms. The van der Waals surface area contributed by atoms with E-state index in [0.717, 1.165) is 18.1 Å². The number of thioether (sulfide) groups is 1. The van der Waals surface area contributed by atoms with Gasteiger partial charge in [0.2, 0.25) is 0 Å². The molecule has 14 heavy (non-hydrogen) atoms. The highest BCUT2D eigenvalue weighted by Gasteiger charge is 2.32. The van der Waals surface area contributed by atoms with Gasteiger partial charge in [0.15, 0.2) is 0 Å². The van der Waals surface area contributed by atoms with Crippen LogP contribution in [0.4, 0.5) is 0 Å². The Morgan fingerprint density at radius 1 is 1.64 bits per heavy atom. The van der Waals surface area contributed by atoms with E-state index < -0.39 is 0 Å². The molecule has 1 atom stereocenters. The number of nitrogens with zero attached hydrogens (tertiary/aromatic N) is 1. The molecule has 0 aromatic carbocycles. The van der Waals surface area contributed by atoms with E-state index in [2.05, 4.69) is 11.4 Å². The molecule has 0 amide bonds. The Bertz CT molecular complexity index is 213. The van der Waals surface area contributed by atoms with Gasteiger partial charge in [-0.15, -0.1) is 0 Å². The number of ether oxygens (including phenoxy) is 1. The van der Waals surface area contributed by atoms with Crippen molar-refractivity contribution >= 4 is 11.8 Å². The van der Waals surface area contributed by atoms with Crippen molar-refractivity contribution in [3.05, 3.63) is 0 Å². The summed E-state index contributed by atoms with van der Waals surface area (Å²) in [6.07, 6.45) is 2.44. The Morgan fingerprint density at radius 3 is 2.86 bits per heavy atom.